The van der Waals surface area contributed by atoms with Gasteiger partial charge >= 0.3 is 0 Å². The third-order valence-corrected chi connectivity index (χ3v) is 6.57. The number of anilines is 3. The fraction of sp³-hybridized carbons (Fsp3) is 0.238. The molecule has 1 aliphatic rings. The van der Waals surface area contributed by atoms with Crippen LogP contribution in [0, 0.1) is 0 Å². The van der Waals surface area contributed by atoms with Gasteiger partial charge in [0.25, 0.3) is 0 Å². The maximum absolute atomic E-state index is 12.2. The van der Waals surface area contributed by atoms with Crippen molar-refractivity contribution in [2.24, 2.45) is 0 Å². The quantitative estimate of drug-likeness (QED) is 0.516. The van der Waals surface area contributed by atoms with Crippen LogP contribution in [0.4, 0.5) is 16.5 Å². The van der Waals surface area contributed by atoms with Crippen molar-refractivity contribution in [3.05, 3.63) is 60.2 Å². The van der Waals surface area contributed by atoms with Gasteiger partial charge in [-0.1, -0.05) is 53.4 Å². The molecule has 7 nitrogen and oxygen atoms in total. The maximum Gasteiger partial charge on any atom is 0.234 e. The fourth-order valence-corrected chi connectivity index (χ4v) is 4.63. The predicted octanol–water partition coefficient (Wildman–Crippen LogP) is 4.01. The molecule has 1 aliphatic heterocycles. The van der Waals surface area contributed by atoms with Crippen LogP contribution in [0.3, 0.4) is 0 Å². The van der Waals surface area contributed by atoms with E-state index in [4.69, 9.17) is 0 Å². The minimum atomic E-state index is -0.112. The summed E-state index contributed by atoms with van der Waals surface area (Å²) in [6.07, 6.45) is 1.49. The Morgan fingerprint density at radius 3 is 2.63 bits per heavy atom. The van der Waals surface area contributed by atoms with Crippen molar-refractivity contribution in [2.45, 2.75) is 23.7 Å². The first kappa shape index (κ1) is 20.4. The molecular weight excluding hydrogens is 418 g/mol. The summed E-state index contributed by atoms with van der Waals surface area (Å²) in [5.41, 5.74) is 2.74. The standard InChI is InChI=1S/C21H21N5O2S2/c27-18(23-16-8-10-17(11-9-16)26-12-4-7-19(26)28)14-29-21-25-24-20(30-21)22-13-15-5-2-1-3-6-15/h1-3,5-6,8-11H,4,7,12-14H2,(H,22,24)(H,23,27). The van der Waals surface area contributed by atoms with Gasteiger partial charge in [-0.3, -0.25) is 9.59 Å². The number of nitrogens with one attached hydrogen (secondary N) is 2. The Hall–Kier alpha value is -2.91. The average molecular weight is 440 g/mol. The van der Waals surface area contributed by atoms with E-state index in [9.17, 15) is 9.59 Å². The minimum absolute atomic E-state index is 0.112. The number of hydrogen-bond acceptors (Lipinski definition) is 7. The molecule has 0 unspecified atom stereocenters. The van der Waals surface area contributed by atoms with E-state index in [1.807, 2.05) is 54.6 Å². The Balaban J connectivity index is 1.23. The first-order chi connectivity index (χ1) is 14.7. The number of benzene rings is 2. The molecule has 0 aliphatic carbocycles. The van der Waals surface area contributed by atoms with Crippen molar-refractivity contribution in [3.8, 4) is 0 Å². The van der Waals surface area contributed by atoms with E-state index in [1.54, 1.807) is 4.90 Å². The van der Waals surface area contributed by atoms with Crippen molar-refractivity contribution < 1.29 is 9.59 Å². The molecule has 0 atom stereocenters. The van der Waals surface area contributed by atoms with Gasteiger partial charge in [0.2, 0.25) is 16.9 Å². The Bertz CT molecular complexity index is 1010. The van der Waals surface area contributed by atoms with E-state index in [1.165, 1.54) is 28.7 Å². The first-order valence-electron chi connectivity index (χ1n) is 9.62. The van der Waals surface area contributed by atoms with Crippen LogP contribution in [0.5, 0.6) is 0 Å². The van der Waals surface area contributed by atoms with E-state index in [2.05, 4.69) is 20.8 Å². The van der Waals surface area contributed by atoms with Gasteiger partial charge in [0.1, 0.15) is 0 Å². The summed E-state index contributed by atoms with van der Waals surface area (Å²) in [6.45, 7) is 1.44. The summed E-state index contributed by atoms with van der Waals surface area (Å²) in [6, 6.07) is 17.4. The zero-order chi connectivity index (χ0) is 20.8. The van der Waals surface area contributed by atoms with Gasteiger partial charge in [-0.25, -0.2) is 0 Å². The van der Waals surface area contributed by atoms with Crippen LogP contribution >= 0.6 is 23.1 Å². The molecule has 1 aromatic heterocycles. The van der Waals surface area contributed by atoms with Crippen molar-refractivity contribution in [1.82, 2.24) is 10.2 Å². The number of hydrogen-bond donors (Lipinski definition) is 2. The molecule has 2 heterocycles. The number of amides is 2. The van der Waals surface area contributed by atoms with Gasteiger partial charge in [0, 0.05) is 30.9 Å². The fourth-order valence-electron chi connectivity index (χ4n) is 3.08. The molecule has 2 amide bonds. The van der Waals surface area contributed by atoms with Crippen molar-refractivity contribution in [2.75, 3.05) is 27.8 Å². The van der Waals surface area contributed by atoms with Gasteiger partial charge < -0.3 is 15.5 Å². The smallest absolute Gasteiger partial charge is 0.234 e. The normalized spacial score (nSPS) is 13.5. The van der Waals surface area contributed by atoms with Gasteiger partial charge in [0.05, 0.1) is 5.75 Å². The lowest BCUT2D eigenvalue weighted by atomic mass is 10.2. The summed E-state index contributed by atoms with van der Waals surface area (Å²) < 4.78 is 0.739. The van der Waals surface area contributed by atoms with E-state index >= 15 is 0 Å². The number of aromatic nitrogens is 2. The van der Waals surface area contributed by atoms with Gasteiger partial charge in [0.15, 0.2) is 4.34 Å². The average Bonchev–Trinajstić information content (AvgIpc) is 3.41. The predicted molar refractivity (Wildman–Crippen MR) is 121 cm³/mol. The Morgan fingerprint density at radius 1 is 1.10 bits per heavy atom. The minimum Gasteiger partial charge on any atom is -0.356 e. The highest BCUT2D eigenvalue weighted by Gasteiger charge is 2.21. The third-order valence-electron chi connectivity index (χ3n) is 4.56. The van der Waals surface area contributed by atoms with Gasteiger partial charge in [-0.15, -0.1) is 10.2 Å². The van der Waals surface area contributed by atoms with Crippen LogP contribution in [-0.2, 0) is 16.1 Å². The molecule has 2 N–H and O–H groups in total. The topological polar surface area (TPSA) is 87.2 Å². The highest BCUT2D eigenvalue weighted by atomic mass is 32.2. The molecule has 1 saturated heterocycles. The lowest BCUT2D eigenvalue weighted by Gasteiger charge is -2.16. The highest BCUT2D eigenvalue weighted by Crippen LogP contribution is 2.26. The van der Waals surface area contributed by atoms with Gasteiger partial charge in [-0.05, 0) is 36.2 Å². The number of carbonyl (C=O) groups is 2. The molecule has 3 aromatic rings. The lowest BCUT2D eigenvalue weighted by molar-refractivity contribution is -0.117. The number of rotatable bonds is 8. The van der Waals surface area contributed by atoms with Crippen molar-refractivity contribution in [1.29, 1.82) is 0 Å². The largest absolute Gasteiger partial charge is 0.356 e. The second-order valence-corrected chi connectivity index (χ2v) is 8.94. The number of thioether (sulfide) groups is 1. The van der Waals surface area contributed by atoms with Crippen LogP contribution in [0.25, 0.3) is 0 Å². The first-order valence-corrected chi connectivity index (χ1v) is 11.4. The Kier molecular flexibility index (Phi) is 6.60. The van der Waals surface area contributed by atoms with E-state index < -0.39 is 0 Å². The summed E-state index contributed by atoms with van der Waals surface area (Å²) in [5, 5.41) is 15.1. The molecule has 9 heteroatoms. The SMILES string of the molecule is O=C(CSc1nnc(NCc2ccccc2)s1)Nc1ccc(N2CCCC2=O)cc1. The second kappa shape index (κ2) is 9.73. The van der Waals surface area contributed by atoms with Gasteiger partial charge in [-0.2, -0.15) is 0 Å². The van der Waals surface area contributed by atoms with Crippen LogP contribution in [-0.4, -0.2) is 34.3 Å². The van der Waals surface area contributed by atoms with Crippen LogP contribution < -0.4 is 15.5 Å². The summed E-state index contributed by atoms with van der Waals surface area (Å²) in [5.74, 6) is 0.288. The lowest BCUT2D eigenvalue weighted by Crippen LogP contribution is -2.23. The zero-order valence-electron chi connectivity index (χ0n) is 16.2. The van der Waals surface area contributed by atoms with E-state index in [-0.39, 0.29) is 17.6 Å². The zero-order valence-corrected chi connectivity index (χ0v) is 17.8. The van der Waals surface area contributed by atoms with E-state index in [0.29, 0.717) is 18.7 Å². The maximum atomic E-state index is 12.2. The molecule has 0 spiro atoms. The third kappa shape index (κ3) is 5.37. The van der Waals surface area contributed by atoms with Crippen molar-refractivity contribution in [3.63, 3.8) is 0 Å². The van der Waals surface area contributed by atoms with Crippen LogP contribution in [0.2, 0.25) is 0 Å². The number of nitrogens with zero attached hydrogens (tertiary/aromatic N) is 3. The molecule has 2 aromatic carbocycles. The Morgan fingerprint density at radius 2 is 1.90 bits per heavy atom. The van der Waals surface area contributed by atoms with E-state index in [0.717, 1.165) is 28.1 Å². The number of carbonyl (C=O) groups excluding carboxylic acids is 2. The molecule has 30 heavy (non-hydrogen) atoms. The molecular formula is C21H21N5O2S2. The summed E-state index contributed by atoms with van der Waals surface area (Å²) >= 11 is 2.78. The van der Waals surface area contributed by atoms with Crippen LogP contribution in [0.1, 0.15) is 18.4 Å². The molecule has 0 bridgehead atoms. The highest BCUT2D eigenvalue weighted by molar-refractivity contribution is 8.01. The molecule has 1 fully saturated rings. The van der Waals surface area contributed by atoms with Crippen LogP contribution in [0.15, 0.2) is 58.9 Å². The second-order valence-electron chi connectivity index (χ2n) is 6.74. The molecule has 0 radical (unpaired) electrons. The molecule has 154 valence electrons. The Labute approximate surface area is 182 Å². The summed E-state index contributed by atoms with van der Waals surface area (Å²) in [7, 11) is 0. The molecule has 0 saturated carbocycles. The molecule has 4 rings (SSSR count). The monoisotopic (exact) mass is 439 g/mol. The van der Waals surface area contributed by atoms with Crippen molar-refractivity contribution >= 4 is 51.4 Å². The summed E-state index contributed by atoms with van der Waals surface area (Å²) in [4.78, 5) is 25.8.